The molecule has 1 unspecified atom stereocenters. The van der Waals surface area contributed by atoms with Crippen LogP contribution >= 0.6 is 11.6 Å². The summed E-state index contributed by atoms with van der Waals surface area (Å²) in [5.74, 6) is 0.184. The first kappa shape index (κ1) is 18.5. The van der Waals surface area contributed by atoms with Crippen molar-refractivity contribution in [1.82, 2.24) is 15.4 Å². The standard InChI is InChI=1S/C20H18ClN5O/c21-16-5-3-4-15(12-16)19(27)13-18(14-7-10-23-11-8-14)25-26-20(22)17-6-1-2-9-24-17/h1-12,18,25H,13H2,(H2,22,26). The van der Waals surface area contributed by atoms with Crippen LogP contribution in [0.1, 0.15) is 34.1 Å². The summed E-state index contributed by atoms with van der Waals surface area (Å²) in [6.45, 7) is 0. The number of hydrazone groups is 1. The minimum atomic E-state index is -0.373. The van der Waals surface area contributed by atoms with Crippen molar-refractivity contribution in [2.45, 2.75) is 12.5 Å². The third kappa shape index (κ3) is 5.12. The second-order valence-corrected chi connectivity index (χ2v) is 6.25. The van der Waals surface area contributed by atoms with Gasteiger partial charge in [0.1, 0.15) is 5.69 Å². The number of benzene rings is 1. The molecule has 2 aromatic heterocycles. The number of nitrogens with one attached hydrogen (secondary N) is 1. The van der Waals surface area contributed by atoms with Crippen molar-refractivity contribution < 1.29 is 4.79 Å². The molecule has 27 heavy (non-hydrogen) atoms. The van der Waals surface area contributed by atoms with Gasteiger partial charge in [-0.3, -0.25) is 14.8 Å². The summed E-state index contributed by atoms with van der Waals surface area (Å²) >= 11 is 5.99. The molecule has 1 atom stereocenters. The Kier molecular flexibility index (Phi) is 6.12. The van der Waals surface area contributed by atoms with Gasteiger partial charge in [-0.05, 0) is 42.0 Å². The molecule has 0 saturated heterocycles. The molecule has 0 aliphatic heterocycles. The monoisotopic (exact) mass is 379 g/mol. The number of carbonyl (C=O) groups is 1. The zero-order valence-electron chi connectivity index (χ0n) is 14.4. The van der Waals surface area contributed by atoms with Gasteiger partial charge in [-0.25, -0.2) is 0 Å². The van der Waals surface area contributed by atoms with Crippen LogP contribution < -0.4 is 11.2 Å². The number of hydrogen-bond donors (Lipinski definition) is 2. The molecular formula is C20H18ClN5O. The maximum Gasteiger partial charge on any atom is 0.169 e. The molecule has 1 aromatic carbocycles. The van der Waals surface area contributed by atoms with E-state index in [1.807, 2.05) is 18.2 Å². The largest absolute Gasteiger partial charge is 0.380 e. The van der Waals surface area contributed by atoms with E-state index < -0.39 is 0 Å². The van der Waals surface area contributed by atoms with Crippen LogP contribution in [0.4, 0.5) is 0 Å². The fourth-order valence-electron chi connectivity index (χ4n) is 2.52. The third-order valence-corrected chi connectivity index (χ3v) is 4.15. The highest BCUT2D eigenvalue weighted by molar-refractivity contribution is 6.31. The van der Waals surface area contributed by atoms with E-state index in [9.17, 15) is 4.79 Å². The van der Waals surface area contributed by atoms with Gasteiger partial charge in [0, 0.05) is 35.6 Å². The zero-order chi connectivity index (χ0) is 19.1. The Bertz CT molecular complexity index is 931. The Hall–Kier alpha value is -3.25. The van der Waals surface area contributed by atoms with Crippen LogP contribution in [0.5, 0.6) is 0 Å². The van der Waals surface area contributed by atoms with Gasteiger partial charge in [0.2, 0.25) is 0 Å². The molecule has 0 aliphatic rings. The summed E-state index contributed by atoms with van der Waals surface area (Å²) in [6.07, 6.45) is 5.16. The molecule has 0 spiro atoms. The van der Waals surface area contributed by atoms with Crippen LogP contribution in [0.15, 0.2) is 78.3 Å². The predicted molar refractivity (Wildman–Crippen MR) is 105 cm³/mol. The number of carbonyl (C=O) groups excluding carboxylic acids is 1. The minimum Gasteiger partial charge on any atom is -0.380 e. The van der Waals surface area contributed by atoms with E-state index in [1.54, 1.807) is 55.0 Å². The number of nitrogens with zero attached hydrogens (tertiary/aromatic N) is 3. The van der Waals surface area contributed by atoms with Crippen molar-refractivity contribution in [3.63, 3.8) is 0 Å². The van der Waals surface area contributed by atoms with Gasteiger partial charge in [-0.2, -0.15) is 5.10 Å². The van der Waals surface area contributed by atoms with Crippen molar-refractivity contribution >= 4 is 23.2 Å². The summed E-state index contributed by atoms with van der Waals surface area (Å²) in [4.78, 5) is 20.9. The maximum atomic E-state index is 12.7. The van der Waals surface area contributed by atoms with E-state index >= 15 is 0 Å². The summed E-state index contributed by atoms with van der Waals surface area (Å²) in [6, 6.07) is 15.5. The molecule has 7 heteroatoms. The van der Waals surface area contributed by atoms with Crippen molar-refractivity contribution in [2.24, 2.45) is 10.8 Å². The lowest BCUT2D eigenvalue weighted by atomic mass is 9.99. The molecule has 0 saturated carbocycles. The Morgan fingerprint density at radius 2 is 1.93 bits per heavy atom. The molecule has 6 nitrogen and oxygen atoms in total. The van der Waals surface area contributed by atoms with Gasteiger partial charge < -0.3 is 11.2 Å². The topological polar surface area (TPSA) is 93.3 Å². The summed E-state index contributed by atoms with van der Waals surface area (Å²) in [7, 11) is 0. The maximum absolute atomic E-state index is 12.7. The molecule has 3 rings (SSSR count). The predicted octanol–water partition coefficient (Wildman–Crippen LogP) is 3.35. The summed E-state index contributed by atoms with van der Waals surface area (Å²) < 4.78 is 0. The lowest BCUT2D eigenvalue weighted by Crippen LogP contribution is -2.25. The lowest BCUT2D eigenvalue weighted by Gasteiger charge is -2.17. The lowest BCUT2D eigenvalue weighted by molar-refractivity contribution is 0.0968. The van der Waals surface area contributed by atoms with Crippen LogP contribution in [0.25, 0.3) is 0 Å². The van der Waals surface area contributed by atoms with E-state index in [4.69, 9.17) is 17.3 Å². The third-order valence-electron chi connectivity index (χ3n) is 3.91. The van der Waals surface area contributed by atoms with Crippen LogP contribution in [0, 0.1) is 0 Å². The average Bonchev–Trinajstić information content (AvgIpc) is 2.72. The van der Waals surface area contributed by atoms with Crippen molar-refractivity contribution in [2.75, 3.05) is 0 Å². The Morgan fingerprint density at radius 3 is 2.63 bits per heavy atom. The van der Waals surface area contributed by atoms with E-state index in [1.165, 1.54) is 0 Å². The van der Waals surface area contributed by atoms with Crippen molar-refractivity contribution in [1.29, 1.82) is 0 Å². The number of Topliss-reactive ketones (excluding diaryl/α,β-unsaturated/α-hetero) is 1. The first-order valence-electron chi connectivity index (χ1n) is 8.32. The first-order valence-corrected chi connectivity index (χ1v) is 8.70. The van der Waals surface area contributed by atoms with E-state index in [0.29, 0.717) is 16.3 Å². The quantitative estimate of drug-likeness (QED) is 0.284. The number of halogens is 1. The van der Waals surface area contributed by atoms with Gasteiger partial charge in [0.25, 0.3) is 0 Å². The van der Waals surface area contributed by atoms with Gasteiger partial charge in [0.15, 0.2) is 11.6 Å². The molecule has 0 radical (unpaired) electrons. The van der Waals surface area contributed by atoms with Crippen LogP contribution in [-0.4, -0.2) is 21.6 Å². The van der Waals surface area contributed by atoms with Gasteiger partial charge in [0.05, 0.1) is 6.04 Å². The second kappa shape index (κ2) is 8.91. The zero-order valence-corrected chi connectivity index (χ0v) is 15.2. The van der Waals surface area contributed by atoms with Crippen LogP contribution in [-0.2, 0) is 0 Å². The fourth-order valence-corrected chi connectivity index (χ4v) is 2.71. The number of amidine groups is 1. The molecule has 0 bridgehead atoms. The highest BCUT2D eigenvalue weighted by Gasteiger charge is 2.17. The van der Waals surface area contributed by atoms with Crippen molar-refractivity contribution in [3.8, 4) is 0 Å². The molecule has 0 amide bonds. The number of nitrogens with two attached hydrogens (primary N) is 1. The van der Waals surface area contributed by atoms with Gasteiger partial charge in [-0.15, -0.1) is 0 Å². The SMILES string of the molecule is N/C(=N\NC(CC(=O)c1cccc(Cl)c1)c1ccncc1)c1ccccn1. The number of hydrogen-bond acceptors (Lipinski definition) is 5. The highest BCUT2D eigenvalue weighted by atomic mass is 35.5. The number of aromatic nitrogens is 2. The number of ketones is 1. The molecular weight excluding hydrogens is 362 g/mol. The normalized spacial score (nSPS) is 12.4. The van der Waals surface area contributed by atoms with E-state index in [0.717, 1.165) is 5.56 Å². The van der Waals surface area contributed by atoms with Gasteiger partial charge >= 0.3 is 0 Å². The number of rotatable bonds is 7. The summed E-state index contributed by atoms with van der Waals surface area (Å²) in [5.41, 5.74) is 11.0. The Balaban J connectivity index is 1.80. The van der Waals surface area contributed by atoms with Crippen molar-refractivity contribution in [3.05, 3.63) is 95.0 Å². The van der Waals surface area contributed by atoms with Gasteiger partial charge in [-0.1, -0.05) is 29.8 Å². The Labute approximate surface area is 162 Å². The summed E-state index contributed by atoms with van der Waals surface area (Å²) in [5, 5.41) is 4.74. The minimum absolute atomic E-state index is 0.0570. The van der Waals surface area contributed by atoms with Crippen LogP contribution in [0.3, 0.4) is 0 Å². The molecule has 0 aliphatic carbocycles. The average molecular weight is 380 g/mol. The molecule has 2 heterocycles. The molecule has 3 aromatic rings. The highest BCUT2D eigenvalue weighted by Crippen LogP contribution is 2.20. The van der Waals surface area contributed by atoms with E-state index in [2.05, 4.69) is 20.5 Å². The fraction of sp³-hybridized carbons (Fsp3) is 0.100. The Morgan fingerprint density at radius 1 is 1.11 bits per heavy atom. The molecule has 0 fully saturated rings. The number of pyridine rings is 2. The van der Waals surface area contributed by atoms with Crippen LogP contribution in [0.2, 0.25) is 5.02 Å². The molecule has 136 valence electrons. The smallest absolute Gasteiger partial charge is 0.169 e. The first-order chi connectivity index (χ1) is 13.1. The van der Waals surface area contributed by atoms with E-state index in [-0.39, 0.29) is 24.1 Å². The second-order valence-electron chi connectivity index (χ2n) is 5.81. The molecule has 3 N–H and O–H groups in total.